The van der Waals surface area contributed by atoms with Crippen LogP contribution in [0.3, 0.4) is 0 Å². The minimum Gasteiger partial charge on any atom is -0.481 e. The molecule has 19 heavy (non-hydrogen) atoms. The van der Waals surface area contributed by atoms with Crippen LogP contribution in [0.2, 0.25) is 0 Å². The minimum atomic E-state index is -0.801. The first-order chi connectivity index (χ1) is 8.85. The largest absolute Gasteiger partial charge is 0.481 e. The van der Waals surface area contributed by atoms with Crippen molar-refractivity contribution < 1.29 is 19.1 Å². The predicted octanol–water partition coefficient (Wildman–Crippen LogP) is 2.69. The highest BCUT2D eigenvalue weighted by atomic mass is 16.5. The smallest absolute Gasteiger partial charge is 0.306 e. The second-order valence-electron chi connectivity index (χ2n) is 5.99. The summed E-state index contributed by atoms with van der Waals surface area (Å²) in [4.78, 5) is 10.8. The van der Waals surface area contributed by atoms with Crippen molar-refractivity contribution in [3.8, 4) is 0 Å². The Morgan fingerprint density at radius 1 is 1.26 bits per heavy atom. The number of aliphatic carboxylic acids is 1. The first kappa shape index (κ1) is 18.1. The summed E-state index contributed by atoms with van der Waals surface area (Å²) in [7, 11) is 6.12. The van der Waals surface area contributed by atoms with Crippen LogP contribution in [0, 0.1) is 0 Å². The van der Waals surface area contributed by atoms with Crippen molar-refractivity contribution in [2.24, 2.45) is 0 Å². The highest BCUT2D eigenvalue weighted by Gasteiger charge is 2.21. The quantitative estimate of drug-likeness (QED) is 0.357. The molecule has 0 saturated heterocycles. The maximum atomic E-state index is 10.8. The lowest BCUT2D eigenvalue weighted by Crippen LogP contribution is -2.43. The number of hydrogen-bond donors (Lipinski definition) is 1. The Morgan fingerprint density at radius 2 is 1.95 bits per heavy atom. The van der Waals surface area contributed by atoms with Crippen LogP contribution in [-0.4, -0.2) is 56.0 Å². The molecule has 0 aliphatic rings. The topological polar surface area (TPSA) is 46.5 Å². The van der Waals surface area contributed by atoms with E-state index in [9.17, 15) is 4.79 Å². The molecule has 112 valence electrons. The molecular formula is C15H30NO3+. The van der Waals surface area contributed by atoms with Crippen LogP contribution in [0.15, 0.2) is 12.2 Å². The van der Waals surface area contributed by atoms with Crippen molar-refractivity contribution >= 4 is 5.97 Å². The van der Waals surface area contributed by atoms with E-state index >= 15 is 0 Å². The van der Waals surface area contributed by atoms with Crippen molar-refractivity contribution in [3.05, 3.63) is 12.2 Å². The number of carboxylic acids is 1. The monoisotopic (exact) mass is 272 g/mol. The van der Waals surface area contributed by atoms with E-state index in [1.807, 2.05) is 27.2 Å². The molecule has 0 amide bonds. The minimum absolute atomic E-state index is 0.0686. The molecule has 0 heterocycles. The highest BCUT2D eigenvalue weighted by molar-refractivity contribution is 5.67. The average molecular weight is 272 g/mol. The molecule has 0 fully saturated rings. The SMILES string of the molecule is CCCCCC=CCO[C@H](CC(=O)O)C[N+](C)(C)C. The summed E-state index contributed by atoms with van der Waals surface area (Å²) in [6, 6.07) is 0. The molecule has 0 aliphatic heterocycles. The Bertz CT molecular complexity index is 269. The van der Waals surface area contributed by atoms with Crippen LogP contribution in [0.1, 0.15) is 39.0 Å². The van der Waals surface area contributed by atoms with Crippen LogP contribution < -0.4 is 0 Å². The third-order valence-electron chi connectivity index (χ3n) is 2.72. The highest BCUT2D eigenvalue weighted by Crippen LogP contribution is 2.05. The van der Waals surface area contributed by atoms with Crippen LogP contribution in [0.25, 0.3) is 0 Å². The number of carboxylic acid groups (broad SMARTS) is 1. The Kier molecular flexibility index (Phi) is 9.53. The number of likely N-dealkylation sites (N-methyl/N-ethyl adjacent to an activating group) is 1. The number of quaternary nitrogens is 1. The van der Waals surface area contributed by atoms with Crippen molar-refractivity contribution in [2.75, 3.05) is 34.3 Å². The molecule has 0 radical (unpaired) electrons. The number of nitrogens with zero attached hydrogens (tertiary/aromatic N) is 1. The third-order valence-corrected chi connectivity index (χ3v) is 2.72. The summed E-state index contributed by atoms with van der Waals surface area (Å²) in [5, 5.41) is 8.88. The summed E-state index contributed by atoms with van der Waals surface area (Å²) in [6.07, 6.45) is 8.75. The van der Waals surface area contributed by atoms with Gasteiger partial charge in [0.05, 0.1) is 34.2 Å². The molecule has 0 aromatic heterocycles. The lowest BCUT2D eigenvalue weighted by molar-refractivity contribution is -0.873. The molecule has 0 aliphatic carbocycles. The maximum Gasteiger partial charge on any atom is 0.306 e. The number of rotatable bonds is 11. The molecule has 0 bridgehead atoms. The predicted molar refractivity (Wildman–Crippen MR) is 78.2 cm³/mol. The number of allylic oxidation sites excluding steroid dienone is 1. The zero-order valence-electron chi connectivity index (χ0n) is 12.9. The standard InChI is InChI=1S/C15H29NO3/c1-5-6-7-8-9-10-11-19-14(12-15(17)18)13-16(2,3)4/h9-10,14H,5-8,11-13H2,1-4H3/p+1/t14-/m1/s1. The fourth-order valence-electron chi connectivity index (χ4n) is 1.87. The summed E-state index contributed by atoms with van der Waals surface area (Å²) in [5.74, 6) is -0.801. The van der Waals surface area contributed by atoms with Crippen molar-refractivity contribution in [2.45, 2.75) is 45.1 Å². The van der Waals surface area contributed by atoms with Crippen molar-refractivity contribution in [1.82, 2.24) is 0 Å². The van der Waals surface area contributed by atoms with Crippen LogP contribution in [0.5, 0.6) is 0 Å². The summed E-state index contributed by atoms with van der Waals surface area (Å²) >= 11 is 0. The fraction of sp³-hybridized carbons (Fsp3) is 0.800. The molecule has 0 unspecified atom stereocenters. The molecule has 1 atom stereocenters. The normalized spacial score (nSPS) is 13.9. The Labute approximate surface area is 117 Å². The molecular weight excluding hydrogens is 242 g/mol. The van der Waals surface area contributed by atoms with Gasteiger partial charge in [-0.05, 0) is 12.8 Å². The van der Waals surface area contributed by atoms with E-state index in [2.05, 4.69) is 13.0 Å². The zero-order valence-corrected chi connectivity index (χ0v) is 12.9. The number of carbonyl (C=O) groups is 1. The molecule has 0 saturated carbocycles. The van der Waals surface area contributed by atoms with Gasteiger partial charge in [0, 0.05) is 0 Å². The van der Waals surface area contributed by atoms with E-state index in [4.69, 9.17) is 9.84 Å². The fourth-order valence-corrected chi connectivity index (χ4v) is 1.87. The van der Waals surface area contributed by atoms with Gasteiger partial charge < -0.3 is 14.3 Å². The maximum absolute atomic E-state index is 10.8. The first-order valence-corrected chi connectivity index (χ1v) is 7.14. The van der Waals surface area contributed by atoms with Gasteiger partial charge in [-0.3, -0.25) is 4.79 Å². The summed E-state index contributed by atoms with van der Waals surface area (Å²) < 4.78 is 6.36. The lowest BCUT2D eigenvalue weighted by Gasteiger charge is -2.28. The van der Waals surface area contributed by atoms with Crippen molar-refractivity contribution in [1.29, 1.82) is 0 Å². The average Bonchev–Trinajstić information content (AvgIpc) is 2.24. The molecule has 0 aromatic rings. The van der Waals surface area contributed by atoms with Crippen molar-refractivity contribution in [3.63, 3.8) is 0 Å². The van der Waals surface area contributed by atoms with Gasteiger partial charge in [0.15, 0.2) is 0 Å². The van der Waals surface area contributed by atoms with E-state index in [0.717, 1.165) is 6.42 Å². The summed E-state index contributed by atoms with van der Waals surface area (Å²) in [5.41, 5.74) is 0. The Balaban J connectivity index is 3.95. The second-order valence-corrected chi connectivity index (χ2v) is 5.99. The van der Waals surface area contributed by atoms with Gasteiger partial charge in [-0.25, -0.2) is 0 Å². The Hall–Kier alpha value is -0.870. The Morgan fingerprint density at radius 3 is 2.47 bits per heavy atom. The molecule has 4 heteroatoms. The second kappa shape index (κ2) is 9.98. The lowest BCUT2D eigenvalue weighted by atomic mass is 10.2. The van der Waals surface area contributed by atoms with Gasteiger partial charge in [0.1, 0.15) is 12.6 Å². The number of ether oxygens (including phenoxy) is 1. The van der Waals surface area contributed by atoms with Gasteiger partial charge >= 0.3 is 5.97 Å². The molecule has 0 aromatic carbocycles. The van der Waals surface area contributed by atoms with Crippen LogP contribution in [-0.2, 0) is 9.53 Å². The molecule has 1 N–H and O–H groups in total. The molecule has 0 spiro atoms. The van der Waals surface area contributed by atoms with Gasteiger partial charge in [0.2, 0.25) is 0 Å². The van der Waals surface area contributed by atoms with E-state index in [0.29, 0.717) is 17.6 Å². The number of unbranched alkanes of at least 4 members (excludes halogenated alkanes) is 3. The summed E-state index contributed by atoms with van der Waals surface area (Å²) in [6.45, 7) is 3.40. The van der Waals surface area contributed by atoms with Gasteiger partial charge in [-0.1, -0.05) is 31.9 Å². The number of hydrogen-bond acceptors (Lipinski definition) is 2. The van der Waals surface area contributed by atoms with E-state index < -0.39 is 5.97 Å². The van der Waals surface area contributed by atoms with Gasteiger partial charge in [-0.2, -0.15) is 0 Å². The van der Waals surface area contributed by atoms with Gasteiger partial charge in [-0.15, -0.1) is 0 Å². The molecule has 0 rings (SSSR count). The zero-order chi connectivity index (χ0) is 14.7. The van der Waals surface area contributed by atoms with E-state index in [1.165, 1.54) is 19.3 Å². The van der Waals surface area contributed by atoms with E-state index in [1.54, 1.807) is 0 Å². The van der Waals surface area contributed by atoms with E-state index in [-0.39, 0.29) is 12.5 Å². The van der Waals surface area contributed by atoms with Crippen LogP contribution >= 0.6 is 0 Å². The van der Waals surface area contributed by atoms with Crippen LogP contribution in [0.4, 0.5) is 0 Å². The first-order valence-electron chi connectivity index (χ1n) is 7.14. The van der Waals surface area contributed by atoms with Gasteiger partial charge in [0.25, 0.3) is 0 Å². The molecule has 4 nitrogen and oxygen atoms in total. The third kappa shape index (κ3) is 13.4.